The van der Waals surface area contributed by atoms with E-state index in [0.29, 0.717) is 18.2 Å². The second-order valence-corrected chi connectivity index (χ2v) is 4.81. The van der Waals surface area contributed by atoms with Crippen molar-refractivity contribution in [3.8, 4) is 0 Å². The van der Waals surface area contributed by atoms with Crippen LogP contribution in [0.4, 0.5) is 5.69 Å². The first kappa shape index (κ1) is 13.9. The summed E-state index contributed by atoms with van der Waals surface area (Å²) in [6.45, 7) is 5.04. The fourth-order valence-electron chi connectivity index (χ4n) is 2.34. The molecule has 2 rings (SSSR count). The first-order chi connectivity index (χ1) is 9.20. The Bertz CT molecular complexity index is 433. The van der Waals surface area contributed by atoms with Crippen molar-refractivity contribution in [3.63, 3.8) is 0 Å². The summed E-state index contributed by atoms with van der Waals surface area (Å²) < 4.78 is 10.6. The first-order valence-electron chi connectivity index (χ1n) is 6.85. The molecular weight excluding hydrogens is 242 g/mol. The lowest BCUT2D eigenvalue weighted by molar-refractivity contribution is 0.0232. The maximum Gasteiger partial charge on any atom is 0.340 e. The molecule has 1 aliphatic heterocycles. The molecule has 1 aliphatic rings. The summed E-state index contributed by atoms with van der Waals surface area (Å²) in [4.78, 5) is 11.9. The molecule has 0 aromatic heterocycles. The zero-order valence-corrected chi connectivity index (χ0v) is 11.5. The predicted octanol–water partition coefficient (Wildman–Crippen LogP) is 2.84. The van der Waals surface area contributed by atoms with Crippen molar-refractivity contribution >= 4 is 11.7 Å². The minimum atomic E-state index is -0.272. The Kier molecular flexibility index (Phi) is 4.80. The van der Waals surface area contributed by atoms with Crippen molar-refractivity contribution < 1.29 is 14.3 Å². The molecule has 2 unspecified atom stereocenters. The average Bonchev–Trinajstić information content (AvgIpc) is 2.39. The summed E-state index contributed by atoms with van der Waals surface area (Å²) in [5.41, 5.74) is 1.45. The van der Waals surface area contributed by atoms with Gasteiger partial charge < -0.3 is 14.8 Å². The third kappa shape index (κ3) is 3.70. The van der Waals surface area contributed by atoms with Crippen molar-refractivity contribution in [2.45, 2.75) is 38.8 Å². The smallest absolute Gasteiger partial charge is 0.340 e. The fraction of sp³-hybridized carbons (Fsp3) is 0.533. The van der Waals surface area contributed by atoms with Gasteiger partial charge in [-0.25, -0.2) is 4.79 Å². The third-order valence-electron chi connectivity index (χ3n) is 3.27. The number of carbonyl (C=O) groups excluding carboxylic acids is 1. The van der Waals surface area contributed by atoms with Crippen molar-refractivity contribution in [3.05, 3.63) is 29.8 Å². The highest BCUT2D eigenvalue weighted by Gasteiger charge is 2.21. The van der Waals surface area contributed by atoms with Crippen LogP contribution in [0, 0.1) is 0 Å². The van der Waals surface area contributed by atoms with Crippen LogP contribution < -0.4 is 5.32 Å². The van der Waals surface area contributed by atoms with Gasteiger partial charge in [-0.1, -0.05) is 12.1 Å². The Balaban J connectivity index is 2.09. The number of anilines is 1. The van der Waals surface area contributed by atoms with Crippen molar-refractivity contribution in [1.29, 1.82) is 0 Å². The number of rotatable bonds is 4. The van der Waals surface area contributed by atoms with Crippen molar-refractivity contribution in [2.75, 3.05) is 18.5 Å². The fourth-order valence-corrected chi connectivity index (χ4v) is 2.34. The summed E-state index contributed by atoms with van der Waals surface area (Å²) in [7, 11) is 0. The zero-order chi connectivity index (χ0) is 13.7. The van der Waals surface area contributed by atoms with Crippen molar-refractivity contribution in [1.82, 2.24) is 0 Å². The number of para-hydroxylation sites is 1. The second kappa shape index (κ2) is 6.57. The van der Waals surface area contributed by atoms with E-state index in [-0.39, 0.29) is 12.1 Å². The van der Waals surface area contributed by atoms with Gasteiger partial charge in [0.2, 0.25) is 0 Å². The molecule has 1 saturated heterocycles. The lowest BCUT2D eigenvalue weighted by Gasteiger charge is -2.29. The lowest BCUT2D eigenvalue weighted by Crippen LogP contribution is -2.33. The van der Waals surface area contributed by atoms with Gasteiger partial charge >= 0.3 is 5.97 Å². The molecular formula is C15H21NO3. The Morgan fingerprint density at radius 1 is 1.47 bits per heavy atom. The summed E-state index contributed by atoms with van der Waals surface area (Å²) in [5.74, 6) is -0.272. The Hall–Kier alpha value is -1.55. The van der Waals surface area contributed by atoms with E-state index in [0.717, 1.165) is 25.1 Å². The summed E-state index contributed by atoms with van der Waals surface area (Å²) in [6, 6.07) is 7.84. The molecule has 1 N–H and O–H groups in total. The zero-order valence-electron chi connectivity index (χ0n) is 11.5. The highest BCUT2D eigenvalue weighted by molar-refractivity contribution is 5.95. The number of nitrogens with one attached hydrogen (secondary N) is 1. The molecule has 4 nitrogen and oxygen atoms in total. The number of ether oxygens (including phenoxy) is 2. The van der Waals surface area contributed by atoms with Crippen molar-refractivity contribution in [2.24, 2.45) is 0 Å². The summed E-state index contributed by atoms with van der Waals surface area (Å²) >= 11 is 0. The highest BCUT2D eigenvalue weighted by Crippen LogP contribution is 2.22. The number of carbonyl (C=O) groups is 1. The summed E-state index contributed by atoms with van der Waals surface area (Å²) in [6.07, 6.45) is 2.18. The van der Waals surface area contributed by atoms with E-state index in [2.05, 4.69) is 12.2 Å². The van der Waals surface area contributed by atoms with Crippen LogP contribution in [0.1, 0.15) is 37.0 Å². The van der Waals surface area contributed by atoms with Crippen LogP contribution in [0.25, 0.3) is 0 Å². The molecule has 1 aromatic rings. The van der Waals surface area contributed by atoms with Crippen LogP contribution in [0.5, 0.6) is 0 Å². The van der Waals surface area contributed by atoms with E-state index in [1.54, 1.807) is 6.07 Å². The van der Waals surface area contributed by atoms with Crippen LogP contribution in [0.2, 0.25) is 0 Å². The van der Waals surface area contributed by atoms with E-state index >= 15 is 0 Å². The normalized spacial score (nSPS) is 22.8. The molecule has 0 radical (unpaired) electrons. The van der Waals surface area contributed by atoms with Gasteiger partial charge in [-0.05, 0) is 38.8 Å². The largest absolute Gasteiger partial charge is 0.462 e. The molecule has 1 heterocycles. The number of hydrogen-bond acceptors (Lipinski definition) is 4. The SMILES string of the molecule is CCOC(=O)c1ccccc1NC1CCOC(C)C1. The van der Waals surface area contributed by atoms with Crippen LogP contribution in [-0.4, -0.2) is 31.3 Å². The monoisotopic (exact) mass is 263 g/mol. The molecule has 0 amide bonds. The molecule has 104 valence electrons. The Labute approximate surface area is 114 Å². The summed E-state index contributed by atoms with van der Waals surface area (Å²) in [5, 5.41) is 3.44. The van der Waals surface area contributed by atoms with Gasteiger partial charge in [0.25, 0.3) is 0 Å². The quantitative estimate of drug-likeness (QED) is 0.849. The molecule has 19 heavy (non-hydrogen) atoms. The van der Waals surface area contributed by atoms with Gasteiger partial charge in [0.05, 0.1) is 18.3 Å². The molecule has 2 atom stereocenters. The van der Waals surface area contributed by atoms with E-state index < -0.39 is 0 Å². The predicted molar refractivity (Wildman–Crippen MR) is 74.5 cm³/mol. The number of hydrogen-bond donors (Lipinski definition) is 1. The Morgan fingerprint density at radius 2 is 2.26 bits per heavy atom. The van der Waals surface area contributed by atoms with Gasteiger partial charge in [-0.2, -0.15) is 0 Å². The van der Waals surface area contributed by atoms with Crippen LogP contribution >= 0.6 is 0 Å². The second-order valence-electron chi connectivity index (χ2n) is 4.81. The topological polar surface area (TPSA) is 47.6 Å². The lowest BCUT2D eigenvalue weighted by atomic mass is 10.0. The number of benzene rings is 1. The first-order valence-corrected chi connectivity index (χ1v) is 6.85. The molecule has 4 heteroatoms. The van der Waals surface area contributed by atoms with Crippen LogP contribution in [-0.2, 0) is 9.47 Å². The molecule has 0 bridgehead atoms. The maximum atomic E-state index is 11.9. The van der Waals surface area contributed by atoms with E-state index in [1.165, 1.54) is 0 Å². The highest BCUT2D eigenvalue weighted by atomic mass is 16.5. The van der Waals surface area contributed by atoms with Gasteiger partial charge in [0.1, 0.15) is 0 Å². The molecule has 1 fully saturated rings. The third-order valence-corrected chi connectivity index (χ3v) is 3.27. The van der Waals surface area contributed by atoms with E-state index in [4.69, 9.17) is 9.47 Å². The van der Waals surface area contributed by atoms with Gasteiger partial charge in [0.15, 0.2) is 0 Å². The van der Waals surface area contributed by atoms with E-state index in [9.17, 15) is 4.79 Å². The molecule has 0 saturated carbocycles. The minimum Gasteiger partial charge on any atom is -0.462 e. The van der Waals surface area contributed by atoms with Gasteiger partial charge in [0, 0.05) is 18.3 Å². The number of esters is 1. The maximum absolute atomic E-state index is 11.9. The van der Waals surface area contributed by atoms with Crippen LogP contribution in [0.3, 0.4) is 0 Å². The van der Waals surface area contributed by atoms with Gasteiger partial charge in [-0.3, -0.25) is 0 Å². The van der Waals surface area contributed by atoms with Gasteiger partial charge in [-0.15, -0.1) is 0 Å². The van der Waals surface area contributed by atoms with Crippen LogP contribution in [0.15, 0.2) is 24.3 Å². The molecule has 0 aliphatic carbocycles. The Morgan fingerprint density at radius 3 is 3.00 bits per heavy atom. The standard InChI is InChI=1S/C15H21NO3/c1-3-18-15(17)13-6-4-5-7-14(13)16-12-8-9-19-11(2)10-12/h4-7,11-12,16H,3,8-10H2,1-2H3. The molecule has 0 spiro atoms. The van der Waals surface area contributed by atoms with E-state index in [1.807, 2.05) is 25.1 Å². The average molecular weight is 263 g/mol. The minimum absolute atomic E-state index is 0.265. The molecule has 1 aromatic carbocycles.